The molecule has 188 valence electrons. The van der Waals surface area contributed by atoms with Crippen LogP contribution in [0.2, 0.25) is 0 Å². The predicted octanol–water partition coefficient (Wildman–Crippen LogP) is 4.41. The number of aromatic nitrogens is 1. The molecule has 0 radical (unpaired) electrons. The largest absolute Gasteiger partial charge is 0.573 e. The van der Waals surface area contributed by atoms with Crippen LogP contribution in [0, 0.1) is 0 Å². The molecule has 0 aliphatic heterocycles. The fourth-order valence-corrected chi connectivity index (χ4v) is 3.52. The van der Waals surface area contributed by atoms with Gasteiger partial charge in [-0.1, -0.05) is 6.07 Å². The van der Waals surface area contributed by atoms with Crippen LogP contribution in [-0.2, 0) is 24.7 Å². The summed E-state index contributed by atoms with van der Waals surface area (Å²) in [5.74, 6) is 0.567. The van der Waals surface area contributed by atoms with E-state index >= 15 is 0 Å². The highest BCUT2D eigenvalue weighted by Crippen LogP contribution is 2.39. The van der Waals surface area contributed by atoms with Crippen LogP contribution in [0.15, 0.2) is 59.5 Å². The van der Waals surface area contributed by atoms with Gasteiger partial charge in [-0.05, 0) is 55.3 Å². The SMILES string of the molecule is CCOc1cc(=O)n(C)cc1-c1cc(CCNS(=O)O)ccc1Oc1ccc(OC(F)(F)F)cc1. The van der Waals surface area contributed by atoms with Gasteiger partial charge in [0.2, 0.25) is 11.3 Å². The lowest BCUT2D eigenvalue weighted by Gasteiger charge is -2.17. The van der Waals surface area contributed by atoms with Crippen molar-refractivity contribution >= 4 is 11.3 Å². The second kappa shape index (κ2) is 11.4. The molecule has 2 aromatic carbocycles. The van der Waals surface area contributed by atoms with Crippen molar-refractivity contribution < 1.29 is 36.1 Å². The van der Waals surface area contributed by atoms with E-state index in [0.717, 1.165) is 17.7 Å². The number of benzene rings is 2. The molecule has 1 aromatic heterocycles. The molecule has 0 amide bonds. The lowest BCUT2D eigenvalue weighted by atomic mass is 10.0. The van der Waals surface area contributed by atoms with Crippen molar-refractivity contribution in [1.82, 2.24) is 9.29 Å². The van der Waals surface area contributed by atoms with Crippen LogP contribution in [0.3, 0.4) is 0 Å². The van der Waals surface area contributed by atoms with E-state index in [2.05, 4.69) is 9.46 Å². The topological polar surface area (TPSA) is 99.0 Å². The van der Waals surface area contributed by atoms with Gasteiger partial charge in [0.25, 0.3) is 5.56 Å². The molecule has 1 heterocycles. The number of pyridine rings is 1. The van der Waals surface area contributed by atoms with Crippen LogP contribution in [0.1, 0.15) is 12.5 Å². The molecular weight excluding hydrogens is 489 g/mol. The fraction of sp³-hybridized carbons (Fsp3) is 0.261. The molecule has 0 fully saturated rings. The van der Waals surface area contributed by atoms with Crippen LogP contribution in [0.5, 0.6) is 23.0 Å². The molecule has 12 heteroatoms. The van der Waals surface area contributed by atoms with Crippen LogP contribution in [-0.4, -0.2) is 32.8 Å². The Bertz CT molecular complexity index is 1250. The molecular formula is C23H23F3N2O6S. The first kappa shape index (κ1) is 26.3. The summed E-state index contributed by atoms with van der Waals surface area (Å²) in [7, 11) is 1.59. The Morgan fingerprint density at radius 1 is 1.03 bits per heavy atom. The van der Waals surface area contributed by atoms with Crippen molar-refractivity contribution in [2.75, 3.05) is 13.2 Å². The van der Waals surface area contributed by atoms with E-state index in [1.807, 2.05) is 0 Å². The molecule has 1 atom stereocenters. The quantitative estimate of drug-likeness (QED) is 0.391. The Morgan fingerprint density at radius 2 is 1.71 bits per heavy atom. The third kappa shape index (κ3) is 7.57. The van der Waals surface area contributed by atoms with Crippen molar-refractivity contribution in [2.45, 2.75) is 19.7 Å². The molecule has 3 aromatic rings. The second-order valence-corrected chi connectivity index (χ2v) is 8.07. The minimum absolute atomic E-state index is 0.231. The van der Waals surface area contributed by atoms with Gasteiger partial charge in [-0.3, -0.25) is 9.35 Å². The number of hydrogen-bond acceptors (Lipinski definition) is 5. The maximum atomic E-state index is 12.4. The summed E-state index contributed by atoms with van der Waals surface area (Å²) in [4.78, 5) is 12.2. The normalized spacial score (nSPS) is 12.3. The Balaban J connectivity index is 2.01. The van der Waals surface area contributed by atoms with Crippen molar-refractivity contribution in [3.63, 3.8) is 0 Å². The van der Waals surface area contributed by atoms with E-state index in [4.69, 9.17) is 14.0 Å². The first-order chi connectivity index (χ1) is 16.6. The van der Waals surface area contributed by atoms with Crippen molar-refractivity contribution in [3.05, 3.63) is 70.6 Å². The third-order valence-electron chi connectivity index (χ3n) is 4.75. The van der Waals surface area contributed by atoms with Gasteiger partial charge in [0.15, 0.2) is 0 Å². The summed E-state index contributed by atoms with van der Waals surface area (Å²) in [6.45, 7) is 2.32. The second-order valence-electron chi connectivity index (χ2n) is 7.28. The van der Waals surface area contributed by atoms with Gasteiger partial charge in [-0.25, -0.2) is 8.93 Å². The molecule has 0 saturated carbocycles. The van der Waals surface area contributed by atoms with Gasteiger partial charge in [0.05, 0.1) is 6.61 Å². The zero-order chi connectivity index (χ0) is 25.6. The average Bonchev–Trinajstić information content (AvgIpc) is 2.77. The predicted molar refractivity (Wildman–Crippen MR) is 124 cm³/mol. The lowest BCUT2D eigenvalue weighted by molar-refractivity contribution is -0.274. The monoisotopic (exact) mass is 512 g/mol. The molecule has 2 N–H and O–H groups in total. The van der Waals surface area contributed by atoms with Gasteiger partial charge in [-0.2, -0.15) is 0 Å². The van der Waals surface area contributed by atoms with E-state index in [9.17, 15) is 22.2 Å². The Hall–Kier alpha value is -3.35. The molecule has 0 aliphatic rings. The van der Waals surface area contributed by atoms with Gasteiger partial charge < -0.3 is 18.8 Å². The zero-order valence-electron chi connectivity index (χ0n) is 18.8. The Morgan fingerprint density at radius 3 is 2.34 bits per heavy atom. The van der Waals surface area contributed by atoms with Gasteiger partial charge in [0.1, 0.15) is 23.0 Å². The van der Waals surface area contributed by atoms with E-state index in [1.165, 1.54) is 22.8 Å². The number of aryl methyl sites for hydroxylation is 1. The lowest BCUT2D eigenvalue weighted by Crippen LogP contribution is -2.19. The van der Waals surface area contributed by atoms with Gasteiger partial charge in [0, 0.05) is 37.0 Å². The maximum Gasteiger partial charge on any atom is 0.573 e. The molecule has 3 rings (SSSR count). The Labute approximate surface area is 201 Å². The summed E-state index contributed by atoms with van der Waals surface area (Å²) in [6.07, 6.45) is -2.79. The summed E-state index contributed by atoms with van der Waals surface area (Å²) < 4.78 is 76.4. The zero-order valence-corrected chi connectivity index (χ0v) is 19.6. The Kier molecular flexibility index (Phi) is 8.54. The molecule has 8 nitrogen and oxygen atoms in total. The fourth-order valence-electron chi connectivity index (χ4n) is 3.24. The minimum Gasteiger partial charge on any atom is -0.493 e. The minimum atomic E-state index is -4.80. The van der Waals surface area contributed by atoms with Crippen LogP contribution in [0.25, 0.3) is 11.1 Å². The molecule has 35 heavy (non-hydrogen) atoms. The van der Waals surface area contributed by atoms with Crippen LogP contribution >= 0.6 is 0 Å². The molecule has 0 saturated heterocycles. The molecule has 0 aliphatic carbocycles. The average molecular weight is 513 g/mol. The maximum absolute atomic E-state index is 12.4. The van der Waals surface area contributed by atoms with Crippen molar-refractivity contribution in [3.8, 4) is 34.1 Å². The van der Waals surface area contributed by atoms with E-state index < -0.39 is 17.6 Å². The summed E-state index contributed by atoms with van der Waals surface area (Å²) in [6, 6.07) is 11.5. The molecule has 1 unspecified atom stereocenters. The summed E-state index contributed by atoms with van der Waals surface area (Å²) in [5, 5.41) is 0. The summed E-state index contributed by atoms with van der Waals surface area (Å²) in [5.41, 5.74) is 1.64. The van der Waals surface area contributed by atoms with Crippen molar-refractivity contribution in [1.29, 1.82) is 0 Å². The number of hydrogen-bond donors (Lipinski definition) is 2. The highest BCUT2D eigenvalue weighted by atomic mass is 32.2. The smallest absolute Gasteiger partial charge is 0.493 e. The number of alkyl halides is 3. The number of nitrogens with zero attached hydrogens (tertiary/aromatic N) is 1. The highest BCUT2D eigenvalue weighted by Gasteiger charge is 2.31. The van der Waals surface area contributed by atoms with Gasteiger partial charge in [-0.15, -0.1) is 13.2 Å². The molecule has 0 bridgehead atoms. The van der Waals surface area contributed by atoms with Gasteiger partial charge >= 0.3 is 6.36 Å². The van der Waals surface area contributed by atoms with E-state index in [1.54, 1.807) is 38.4 Å². The third-order valence-corrected chi connectivity index (χ3v) is 5.20. The number of halogens is 3. The summed E-state index contributed by atoms with van der Waals surface area (Å²) >= 11 is -2.15. The number of ether oxygens (including phenoxy) is 3. The first-order valence-corrected chi connectivity index (χ1v) is 11.5. The van der Waals surface area contributed by atoms with E-state index in [-0.39, 0.29) is 23.6 Å². The van der Waals surface area contributed by atoms with Crippen LogP contribution < -0.4 is 24.5 Å². The first-order valence-electron chi connectivity index (χ1n) is 10.4. The van der Waals surface area contributed by atoms with Crippen molar-refractivity contribution in [2.24, 2.45) is 7.05 Å². The standard InChI is InChI=1S/C23H23F3N2O6S/c1-3-32-21-13-22(29)28(2)14-19(21)18-12-15(10-11-27-35(30)31)4-9-20(18)33-16-5-7-17(8-6-16)34-23(24,25)26/h4-9,12-14,27H,3,10-11H2,1-2H3,(H,30,31). The van der Waals surface area contributed by atoms with Crippen LogP contribution in [0.4, 0.5) is 13.2 Å². The van der Waals surface area contributed by atoms with E-state index in [0.29, 0.717) is 35.7 Å². The highest BCUT2D eigenvalue weighted by molar-refractivity contribution is 7.77. The number of rotatable bonds is 10. The molecule has 0 spiro atoms. The number of nitrogens with one attached hydrogen (secondary N) is 1.